The summed E-state index contributed by atoms with van der Waals surface area (Å²) in [5, 5.41) is 2.22. The minimum absolute atomic E-state index is 0.567. The van der Waals surface area contributed by atoms with Crippen LogP contribution in [0.15, 0.2) is 247 Å². The van der Waals surface area contributed by atoms with E-state index < -0.39 is 10.8 Å². The molecular formula is C63H43NO. The van der Waals surface area contributed by atoms with Crippen molar-refractivity contribution in [1.29, 1.82) is 0 Å². The number of nitrogens with zero attached hydrogens (tertiary/aromatic N) is 1. The Morgan fingerprint density at radius 2 is 0.892 bits per heavy atom. The van der Waals surface area contributed by atoms with Gasteiger partial charge in [0.15, 0.2) is 0 Å². The van der Waals surface area contributed by atoms with Crippen LogP contribution in [0.2, 0.25) is 0 Å². The van der Waals surface area contributed by atoms with Gasteiger partial charge >= 0.3 is 0 Å². The molecule has 1 aromatic heterocycles. The summed E-state index contributed by atoms with van der Waals surface area (Å²) < 4.78 is 7.19. The van der Waals surface area contributed by atoms with Gasteiger partial charge in [0.25, 0.3) is 0 Å². The second-order valence-corrected chi connectivity index (χ2v) is 17.7. The van der Waals surface area contributed by atoms with E-state index in [0.29, 0.717) is 0 Å². The number of para-hydroxylation sites is 1. The summed E-state index contributed by atoms with van der Waals surface area (Å²) in [5.74, 6) is 0. The van der Waals surface area contributed by atoms with Crippen molar-refractivity contribution >= 4 is 39.0 Å². The van der Waals surface area contributed by atoms with Crippen LogP contribution in [0.5, 0.6) is 0 Å². The minimum atomic E-state index is -0.587. The second-order valence-electron chi connectivity index (χ2n) is 17.7. The highest BCUT2D eigenvalue weighted by atomic mass is 16.3. The van der Waals surface area contributed by atoms with Gasteiger partial charge in [0, 0.05) is 33.1 Å². The largest absolute Gasteiger partial charge is 0.456 e. The Morgan fingerprint density at radius 3 is 1.57 bits per heavy atom. The van der Waals surface area contributed by atoms with Crippen molar-refractivity contribution in [3.63, 3.8) is 0 Å². The molecule has 0 saturated carbocycles. The van der Waals surface area contributed by atoms with Crippen LogP contribution in [0.25, 0.3) is 55.3 Å². The fraction of sp³-hybridized carbons (Fsp3) is 0.0476. The van der Waals surface area contributed by atoms with Crippen LogP contribution in [0.1, 0.15) is 45.9 Å². The Labute approximate surface area is 379 Å². The van der Waals surface area contributed by atoms with Gasteiger partial charge in [0.2, 0.25) is 0 Å². The van der Waals surface area contributed by atoms with Crippen LogP contribution < -0.4 is 4.90 Å². The molecule has 0 saturated heterocycles. The number of furan rings is 1. The van der Waals surface area contributed by atoms with Crippen LogP contribution in [0, 0.1) is 0 Å². The SMILES string of the molecule is CC1(c2c(N(c3cccc(-c4ccccc4)c3)c3ccc4c(c3)C(c3ccccc3)(c3ccccc3)c3ccccc3-4)ccc3c2oc2ccccc23)c2ccccc2-c2ccccc21. The monoisotopic (exact) mass is 829 g/mol. The quantitative estimate of drug-likeness (QED) is 0.159. The van der Waals surface area contributed by atoms with Crippen molar-refractivity contribution in [2.75, 3.05) is 4.90 Å². The highest BCUT2D eigenvalue weighted by Gasteiger charge is 2.48. The van der Waals surface area contributed by atoms with Gasteiger partial charge in [-0.05, 0) is 116 Å². The van der Waals surface area contributed by atoms with Crippen molar-refractivity contribution < 1.29 is 4.42 Å². The van der Waals surface area contributed by atoms with Crippen LogP contribution in [-0.4, -0.2) is 0 Å². The van der Waals surface area contributed by atoms with Gasteiger partial charge in [-0.1, -0.05) is 200 Å². The van der Waals surface area contributed by atoms with Gasteiger partial charge in [0.05, 0.1) is 11.1 Å². The molecule has 0 radical (unpaired) electrons. The van der Waals surface area contributed by atoms with E-state index in [1.807, 2.05) is 0 Å². The molecule has 2 nitrogen and oxygen atoms in total. The molecule has 11 aromatic rings. The predicted molar refractivity (Wildman–Crippen MR) is 269 cm³/mol. The Hall–Kier alpha value is -8.20. The summed E-state index contributed by atoms with van der Waals surface area (Å²) >= 11 is 0. The van der Waals surface area contributed by atoms with Gasteiger partial charge < -0.3 is 9.32 Å². The molecule has 10 aromatic carbocycles. The molecule has 0 aliphatic heterocycles. The van der Waals surface area contributed by atoms with Gasteiger partial charge in [0.1, 0.15) is 11.2 Å². The third-order valence-electron chi connectivity index (χ3n) is 14.4. The third-order valence-corrected chi connectivity index (χ3v) is 14.4. The summed E-state index contributed by atoms with van der Waals surface area (Å²) in [6, 6.07) is 89.1. The number of anilines is 3. The number of hydrogen-bond donors (Lipinski definition) is 0. The molecule has 0 spiro atoms. The molecule has 0 fully saturated rings. The lowest BCUT2D eigenvalue weighted by Crippen LogP contribution is -2.29. The Kier molecular flexibility index (Phi) is 8.29. The van der Waals surface area contributed by atoms with E-state index in [1.54, 1.807) is 0 Å². The van der Waals surface area contributed by atoms with E-state index in [0.717, 1.165) is 50.1 Å². The molecule has 0 unspecified atom stereocenters. The average molecular weight is 830 g/mol. The highest BCUT2D eigenvalue weighted by Crippen LogP contribution is 2.60. The summed E-state index contributed by atoms with van der Waals surface area (Å²) in [6.45, 7) is 2.41. The molecule has 0 amide bonds. The van der Waals surface area contributed by atoms with Crippen molar-refractivity contribution in [3.05, 3.63) is 282 Å². The van der Waals surface area contributed by atoms with Crippen molar-refractivity contribution in [3.8, 4) is 33.4 Å². The molecule has 2 aliphatic rings. The van der Waals surface area contributed by atoms with E-state index in [-0.39, 0.29) is 0 Å². The van der Waals surface area contributed by atoms with E-state index in [1.165, 1.54) is 61.2 Å². The second kappa shape index (κ2) is 14.4. The van der Waals surface area contributed by atoms with Gasteiger partial charge in [-0.2, -0.15) is 0 Å². The molecule has 306 valence electrons. The molecule has 0 N–H and O–H groups in total. The first-order valence-electron chi connectivity index (χ1n) is 22.6. The molecule has 65 heavy (non-hydrogen) atoms. The van der Waals surface area contributed by atoms with Crippen molar-refractivity contribution in [2.45, 2.75) is 17.8 Å². The lowest BCUT2D eigenvalue weighted by molar-refractivity contribution is 0.638. The molecule has 0 atom stereocenters. The smallest absolute Gasteiger partial charge is 0.141 e. The first kappa shape index (κ1) is 37.4. The van der Waals surface area contributed by atoms with Crippen LogP contribution >= 0.6 is 0 Å². The fourth-order valence-corrected chi connectivity index (χ4v) is 11.6. The molecule has 13 rings (SSSR count). The first-order valence-corrected chi connectivity index (χ1v) is 22.6. The van der Waals surface area contributed by atoms with E-state index >= 15 is 0 Å². The summed E-state index contributed by atoms with van der Waals surface area (Å²) in [6.07, 6.45) is 0. The Balaban J connectivity index is 1.16. The van der Waals surface area contributed by atoms with Crippen molar-refractivity contribution in [1.82, 2.24) is 0 Å². The first-order chi connectivity index (χ1) is 32.1. The number of benzene rings is 10. The third kappa shape index (κ3) is 5.35. The van der Waals surface area contributed by atoms with Gasteiger partial charge in [-0.3, -0.25) is 0 Å². The Bertz CT molecular complexity index is 3540. The number of rotatable bonds is 7. The minimum Gasteiger partial charge on any atom is -0.456 e. The summed E-state index contributed by atoms with van der Waals surface area (Å²) in [5.41, 5.74) is 19.9. The zero-order chi connectivity index (χ0) is 43.1. The average Bonchev–Trinajstić information content (AvgIpc) is 3.99. The predicted octanol–water partition coefficient (Wildman–Crippen LogP) is 16.4. The molecule has 2 heteroatoms. The van der Waals surface area contributed by atoms with E-state index in [9.17, 15) is 0 Å². The zero-order valence-electron chi connectivity index (χ0n) is 35.9. The van der Waals surface area contributed by atoms with E-state index in [2.05, 4.69) is 254 Å². The lowest BCUT2D eigenvalue weighted by atomic mass is 9.67. The van der Waals surface area contributed by atoms with Gasteiger partial charge in [-0.25, -0.2) is 0 Å². The number of fused-ring (bicyclic) bond motifs is 9. The van der Waals surface area contributed by atoms with Crippen LogP contribution in [0.4, 0.5) is 17.1 Å². The zero-order valence-corrected chi connectivity index (χ0v) is 35.9. The summed E-state index contributed by atoms with van der Waals surface area (Å²) in [7, 11) is 0. The lowest BCUT2D eigenvalue weighted by Gasteiger charge is -2.37. The molecule has 1 heterocycles. The molecular weight excluding hydrogens is 787 g/mol. The van der Waals surface area contributed by atoms with Gasteiger partial charge in [-0.15, -0.1) is 0 Å². The topological polar surface area (TPSA) is 16.4 Å². The maximum absolute atomic E-state index is 7.19. The van der Waals surface area contributed by atoms with Crippen molar-refractivity contribution in [2.24, 2.45) is 0 Å². The molecule has 0 bridgehead atoms. The highest BCUT2D eigenvalue weighted by molar-refractivity contribution is 6.09. The Morgan fingerprint density at radius 1 is 0.369 bits per heavy atom. The van der Waals surface area contributed by atoms with E-state index in [4.69, 9.17) is 4.42 Å². The fourth-order valence-electron chi connectivity index (χ4n) is 11.6. The van der Waals surface area contributed by atoms with Crippen LogP contribution in [-0.2, 0) is 10.8 Å². The van der Waals surface area contributed by atoms with Crippen LogP contribution in [0.3, 0.4) is 0 Å². The summed E-state index contributed by atoms with van der Waals surface area (Å²) in [4.78, 5) is 2.51. The maximum atomic E-state index is 7.19. The maximum Gasteiger partial charge on any atom is 0.141 e. The number of hydrogen-bond acceptors (Lipinski definition) is 2. The molecule has 2 aliphatic carbocycles. The standard InChI is InChI=1S/C63H43NO/c1-62(54-32-15-11-28-48(54)49-29-12-16-33-55(49)62)60-58(39-38-53-52-31-14-18-35-59(52)65-61(53)60)64(46-27-19-22-43(40-46)42-20-5-2-6-21-42)47-36-37-51-50-30-13-17-34-56(50)63(57(51)41-47,44-23-7-3-8-24-44)45-25-9-4-10-26-45/h2-41H,1H3. The normalized spacial score (nSPS) is 13.9.